The van der Waals surface area contributed by atoms with Crippen LogP contribution in [-0.4, -0.2) is 85.0 Å². The molecule has 254 valence electrons. The molecule has 2 atom stereocenters. The zero-order chi connectivity index (χ0) is 34.3. The van der Waals surface area contributed by atoms with Crippen molar-refractivity contribution in [1.82, 2.24) is 31.5 Å². The molecule has 1 heterocycles. The van der Waals surface area contributed by atoms with E-state index in [1.807, 2.05) is 52.8 Å². The second-order valence-corrected chi connectivity index (χ2v) is 13.1. The maximum atomic E-state index is 12.8. The van der Waals surface area contributed by atoms with E-state index in [0.717, 1.165) is 5.56 Å². The summed E-state index contributed by atoms with van der Waals surface area (Å²) in [4.78, 5) is 88.0. The number of unbranched alkanes of at least 4 members (excludes halogenated alkanes) is 2. The minimum atomic E-state index is -0.981. The van der Waals surface area contributed by atoms with Crippen molar-refractivity contribution in [2.45, 2.75) is 79.2 Å². The van der Waals surface area contributed by atoms with Crippen LogP contribution in [-0.2, 0) is 40.0 Å². The van der Waals surface area contributed by atoms with E-state index in [2.05, 4.69) is 26.6 Å². The van der Waals surface area contributed by atoms with Gasteiger partial charge >= 0.3 is 0 Å². The first-order valence-corrected chi connectivity index (χ1v) is 15.9. The van der Waals surface area contributed by atoms with Gasteiger partial charge in [-0.15, -0.1) is 0 Å². The maximum Gasteiger partial charge on any atom is 0.243 e. The fourth-order valence-corrected chi connectivity index (χ4v) is 4.81. The van der Waals surface area contributed by atoms with E-state index in [1.54, 1.807) is 12.1 Å². The molecule has 0 saturated carbocycles. The molecule has 7 amide bonds. The number of hydrogen-bond donors (Lipinski definition) is 5. The first-order chi connectivity index (χ1) is 21.7. The number of likely N-dealkylation sites (tertiary alicyclic amines) is 1. The van der Waals surface area contributed by atoms with Crippen LogP contribution in [0.25, 0.3) is 0 Å². The fraction of sp³-hybridized carbons (Fsp3) is 0.606. The third-order valence-electron chi connectivity index (χ3n) is 7.53. The lowest BCUT2D eigenvalue weighted by Crippen LogP contribution is -2.52. The Kier molecular flexibility index (Phi) is 15.3. The molecule has 0 aliphatic carbocycles. The number of nitrogens with one attached hydrogen (secondary N) is 5. The highest BCUT2D eigenvalue weighted by molar-refractivity contribution is 6.03. The summed E-state index contributed by atoms with van der Waals surface area (Å²) in [6, 6.07) is 8.08. The normalized spacial score (nSPS) is 15.3. The van der Waals surface area contributed by atoms with Crippen LogP contribution in [0.2, 0.25) is 0 Å². The van der Waals surface area contributed by atoms with Crippen molar-refractivity contribution in [1.29, 1.82) is 0 Å². The lowest BCUT2D eigenvalue weighted by molar-refractivity contribution is -0.140. The summed E-state index contributed by atoms with van der Waals surface area (Å²) in [5.41, 5.74) is 0.524. The van der Waals surface area contributed by atoms with Crippen LogP contribution in [0.5, 0.6) is 0 Å². The Labute approximate surface area is 271 Å². The third kappa shape index (κ3) is 13.8. The summed E-state index contributed by atoms with van der Waals surface area (Å²) in [5.74, 6) is -2.74. The van der Waals surface area contributed by atoms with Crippen molar-refractivity contribution in [3.8, 4) is 0 Å². The highest BCUT2D eigenvalue weighted by Gasteiger charge is 2.44. The summed E-state index contributed by atoms with van der Waals surface area (Å²) in [5, 5.41) is 12.8. The van der Waals surface area contributed by atoms with Gasteiger partial charge in [-0.05, 0) is 29.7 Å². The van der Waals surface area contributed by atoms with E-state index >= 15 is 0 Å². The minimum Gasteiger partial charge on any atom is -0.354 e. The number of hydrogen-bond acceptors (Lipinski definition) is 7. The summed E-state index contributed by atoms with van der Waals surface area (Å²) in [6.45, 7) is 9.58. The number of nitrogens with zero attached hydrogens (tertiary/aromatic N) is 1. The highest BCUT2D eigenvalue weighted by atomic mass is 16.2. The van der Waals surface area contributed by atoms with E-state index in [1.165, 1.54) is 4.90 Å². The molecule has 1 aromatic rings. The Morgan fingerprint density at radius 1 is 0.804 bits per heavy atom. The zero-order valence-electron chi connectivity index (χ0n) is 27.7. The molecule has 1 aliphatic heterocycles. The molecule has 0 aromatic heterocycles. The van der Waals surface area contributed by atoms with E-state index < -0.39 is 30.3 Å². The van der Waals surface area contributed by atoms with Gasteiger partial charge < -0.3 is 26.6 Å². The first kappa shape index (κ1) is 37.9. The molecule has 0 radical (unpaired) electrons. The molecule has 1 fully saturated rings. The van der Waals surface area contributed by atoms with Crippen molar-refractivity contribution in [2.75, 3.05) is 32.7 Å². The second-order valence-electron chi connectivity index (χ2n) is 13.1. The van der Waals surface area contributed by atoms with Crippen LogP contribution in [0.4, 0.5) is 0 Å². The van der Waals surface area contributed by atoms with Crippen LogP contribution in [0.3, 0.4) is 0 Å². The Morgan fingerprint density at radius 2 is 1.41 bits per heavy atom. The third-order valence-corrected chi connectivity index (χ3v) is 7.53. The number of amides is 7. The fourth-order valence-electron chi connectivity index (χ4n) is 4.81. The Morgan fingerprint density at radius 3 is 2.04 bits per heavy atom. The minimum absolute atomic E-state index is 0.133. The second kappa shape index (κ2) is 18.6. The van der Waals surface area contributed by atoms with Crippen molar-refractivity contribution in [2.24, 2.45) is 17.3 Å². The number of carbonyl (C=O) groups is 7. The molecule has 2 rings (SSSR count). The van der Waals surface area contributed by atoms with Crippen molar-refractivity contribution < 1.29 is 33.6 Å². The van der Waals surface area contributed by atoms with Crippen molar-refractivity contribution in [3.63, 3.8) is 0 Å². The number of rotatable bonds is 18. The molecule has 1 aromatic carbocycles. The predicted octanol–water partition coefficient (Wildman–Crippen LogP) is 0.816. The largest absolute Gasteiger partial charge is 0.354 e. The van der Waals surface area contributed by atoms with Gasteiger partial charge in [-0.2, -0.15) is 0 Å². The Hall–Kier alpha value is -4.29. The smallest absolute Gasteiger partial charge is 0.243 e. The van der Waals surface area contributed by atoms with E-state index in [4.69, 9.17) is 0 Å². The summed E-state index contributed by atoms with van der Waals surface area (Å²) < 4.78 is 0. The topological polar surface area (TPSA) is 183 Å². The number of benzene rings is 1. The van der Waals surface area contributed by atoms with Gasteiger partial charge in [0.2, 0.25) is 41.4 Å². The van der Waals surface area contributed by atoms with Crippen LogP contribution < -0.4 is 26.6 Å². The quantitative estimate of drug-likeness (QED) is 0.116. The summed E-state index contributed by atoms with van der Waals surface area (Å²) >= 11 is 0. The molecule has 46 heavy (non-hydrogen) atoms. The molecule has 0 bridgehead atoms. The molecule has 0 spiro atoms. The molecule has 5 N–H and O–H groups in total. The lowest BCUT2D eigenvalue weighted by Gasteiger charge is -2.24. The zero-order valence-corrected chi connectivity index (χ0v) is 27.7. The average molecular weight is 643 g/mol. The Bertz CT molecular complexity index is 1230. The monoisotopic (exact) mass is 642 g/mol. The number of carbonyl (C=O) groups excluding carboxylic acids is 7. The van der Waals surface area contributed by atoms with Crippen LogP contribution in [0.15, 0.2) is 30.3 Å². The number of imide groups is 1. The van der Waals surface area contributed by atoms with Gasteiger partial charge in [0, 0.05) is 32.4 Å². The maximum absolute atomic E-state index is 12.8. The molecule has 13 heteroatoms. The van der Waals surface area contributed by atoms with Gasteiger partial charge in [0.05, 0.1) is 25.6 Å². The van der Waals surface area contributed by atoms with Crippen molar-refractivity contribution in [3.05, 3.63) is 35.9 Å². The van der Waals surface area contributed by atoms with Crippen molar-refractivity contribution >= 4 is 41.4 Å². The Balaban J connectivity index is 1.69. The van der Waals surface area contributed by atoms with Crippen LogP contribution in [0.1, 0.15) is 72.3 Å². The summed E-state index contributed by atoms with van der Waals surface area (Å²) in [7, 11) is 0. The van der Waals surface area contributed by atoms with Gasteiger partial charge in [-0.25, -0.2) is 0 Å². The van der Waals surface area contributed by atoms with Gasteiger partial charge in [0.15, 0.2) is 0 Å². The molecule has 1 unspecified atom stereocenters. The lowest BCUT2D eigenvalue weighted by atomic mass is 9.80. The van der Waals surface area contributed by atoms with Crippen LogP contribution in [0, 0.1) is 17.3 Å². The molecule has 1 aliphatic rings. The summed E-state index contributed by atoms with van der Waals surface area (Å²) in [6.07, 6.45) is 2.34. The molecular formula is C33H50N6O7. The van der Waals surface area contributed by atoms with Gasteiger partial charge in [-0.3, -0.25) is 38.5 Å². The molecular weight excluding hydrogens is 592 g/mol. The standard InChI is InChI=1S/C33H50N6O7/c1-22(2)18-34-28(42)20-37-31(45)25(16-23-12-8-6-9-13-23)38-29(43)21-36-27(41)19-35-26(40)14-10-7-11-15-39-30(44)17-24(32(39)46)33(3,4)5/h6,8-9,12-13,22,24-25H,7,10-11,14-21H2,1-5H3,(H,34,42)(H,35,40)(H,36,41)(H,37,45)(H,38,43)/t24?,25-/m0/s1. The van der Waals surface area contributed by atoms with Gasteiger partial charge in [-0.1, -0.05) is 71.4 Å². The molecule has 13 nitrogen and oxygen atoms in total. The van der Waals surface area contributed by atoms with Crippen LogP contribution >= 0.6 is 0 Å². The highest BCUT2D eigenvalue weighted by Crippen LogP contribution is 2.35. The van der Waals surface area contributed by atoms with Gasteiger partial charge in [0.25, 0.3) is 0 Å². The van der Waals surface area contributed by atoms with Gasteiger partial charge in [0.1, 0.15) is 6.04 Å². The van der Waals surface area contributed by atoms with E-state index in [-0.39, 0.29) is 73.2 Å². The van der Waals surface area contributed by atoms with E-state index in [9.17, 15) is 33.6 Å². The molecule has 1 saturated heterocycles. The average Bonchev–Trinajstić information content (AvgIpc) is 3.29. The van der Waals surface area contributed by atoms with E-state index in [0.29, 0.717) is 32.4 Å². The SMILES string of the molecule is CC(C)CNC(=O)CNC(=O)[C@H](Cc1ccccc1)NC(=O)CNC(=O)CNC(=O)CCCCCN1C(=O)CC(C(C)(C)C)C1=O. The first-order valence-electron chi connectivity index (χ1n) is 15.9. The predicted molar refractivity (Wildman–Crippen MR) is 172 cm³/mol.